The second kappa shape index (κ2) is 8.35. The number of fused-ring (bicyclic) bond motifs is 1. The van der Waals surface area contributed by atoms with Crippen molar-refractivity contribution < 1.29 is 9.47 Å². The maximum Gasteiger partial charge on any atom is 0.234 e. The molecule has 0 aliphatic carbocycles. The number of nitrogens with zero attached hydrogens (tertiary/aromatic N) is 5. The predicted octanol–water partition coefficient (Wildman–Crippen LogP) is 4.11. The molecule has 1 saturated heterocycles. The molecule has 0 spiro atoms. The van der Waals surface area contributed by atoms with E-state index >= 15 is 0 Å². The van der Waals surface area contributed by atoms with Gasteiger partial charge in [-0.1, -0.05) is 24.3 Å². The number of aromatic nitrogens is 4. The summed E-state index contributed by atoms with van der Waals surface area (Å²) in [6.07, 6.45) is 5.51. The molecule has 0 atom stereocenters. The van der Waals surface area contributed by atoms with E-state index in [1.807, 2.05) is 30.5 Å². The SMILES string of the molecule is CC(C)Oc1cncc(-n2cc(-c3cccc(N4CCOCC4)n3)c3ccccc32)n1. The highest BCUT2D eigenvalue weighted by Gasteiger charge is 2.17. The lowest BCUT2D eigenvalue weighted by molar-refractivity contribution is 0.122. The zero-order valence-corrected chi connectivity index (χ0v) is 17.7. The monoisotopic (exact) mass is 415 g/mol. The molecule has 0 saturated carbocycles. The van der Waals surface area contributed by atoms with E-state index in [9.17, 15) is 0 Å². The maximum absolute atomic E-state index is 5.75. The van der Waals surface area contributed by atoms with Crippen LogP contribution in [0.5, 0.6) is 5.88 Å². The van der Waals surface area contributed by atoms with E-state index in [2.05, 4.69) is 51.4 Å². The Morgan fingerprint density at radius 2 is 1.77 bits per heavy atom. The van der Waals surface area contributed by atoms with Gasteiger partial charge in [0.15, 0.2) is 5.82 Å². The van der Waals surface area contributed by atoms with Crippen LogP contribution in [0.15, 0.2) is 61.1 Å². The summed E-state index contributed by atoms with van der Waals surface area (Å²) in [6.45, 7) is 7.14. The summed E-state index contributed by atoms with van der Waals surface area (Å²) < 4.78 is 13.3. The summed E-state index contributed by atoms with van der Waals surface area (Å²) in [6, 6.07) is 14.5. The normalized spacial score (nSPS) is 14.4. The molecule has 1 fully saturated rings. The molecule has 0 bridgehead atoms. The van der Waals surface area contributed by atoms with E-state index in [0.717, 1.165) is 54.3 Å². The standard InChI is InChI=1S/C24H25N5O2/c1-17(2)31-24-15-25-14-23(27-24)29-16-19(18-6-3-4-8-21(18)29)20-7-5-9-22(26-20)28-10-12-30-13-11-28/h3-9,14-17H,10-13H2,1-2H3. The van der Waals surface area contributed by atoms with Crippen LogP contribution < -0.4 is 9.64 Å². The van der Waals surface area contributed by atoms with Crippen molar-refractivity contribution in [3.63, 3.8) is 0 Å². The first-order valence-corrected chi connectivity index (χ1v) is 10.6. The molecule has 158 valence electrons. The minimum Gasteiger partial charge on any atom is -0.474 e. The Kier molecular flexibility index (Phi) is 5.26. The molecule has 7 nitrogen and oxygen atoms in total. The lowest BCUT2D eigenvalue weighted by Crippen LogP contribution is -2.36. The van der Waals surface area contributed by atoms with Crippen molar-refractivity contribution in [3.05, 3.63) is 61.1 Å². The van der Waals surface area contributed by atoms with Crippen LogP contribution in [0.3, 0.4) is 0 Å². The Morgan fingerprint density at radius 1 is 0.935 bits per heavy atom. The zero-order chi connectivity index (χ0) is 21.2. The third kappa shape index (κ3) is 3.96. The number of anilines is 1. The van der Waals surface area contributed by atoms with Gasteiger partial charge in [-0.15, -0.1) is 0 Å². The number of pyridine rings is 1. The molecule has 1 aliphatic heterocycles. The first kappa shape index (κ1) is 19.5. The van der Waals surface area contributed by atoms with Gasteiger partial charge in [0.2, 0.25) is 5.88 Å². The lowest BCUT2D eigenvalue weighted by Gasteiger charge is -2.28. The largest absolute Gasteiger partial charge is 0.474 e. The fraction of sp³-hybridized carbons (Fsp3) is 0.292. The van der Waals surface area contributed by atoms with Crippen LogP contribution in [-0.4, -0.2) is 51.9 Å². The molecule has 4 aromatic rings. The van der Waals surface area contributed by atoms with Gasteiger partial charge >= 0.3 is 0 Å². The molecule has 31 heavy (non-hydrogen) atoms. The fourth-order valence-electron chi connectivity index (χ4n) is 3.87. The predicted molar refractivity (Wildman–Crippen MR) is 121 cm³/mol. The molecule has 4 heterocycles. The molecular weight excluding hydrogens is 390 g/mol. The van der Waals surface area contributed by atoms with Crippen LogP contribution in [0.1, 0.15) is 13.8 Å². The summed E-state index contributed by atoms with van der Waals surface area (Å²) in [4.78, 5) is 16.2. The van der Waals surface area contributed by atoms with Crippen molar-refractivity contribution in [1.29, 1.82) is 0 Å². The van der Waals surface area contributed by atoms with Crippen molar-refractivity contribution in [2.75, 3.05) is 31.2 Å². The molecular formula is C24H25N5O2. The molecule has 0 amide bonds. The van der Waals surface area contributed by atoms with Crippen molar-refractivity contribution >= 4 is 16.7 Å². The Morgan fingerprint density at radius 3 is 2.61 bits per heavy atom. The maximum atomic E-state index is 5.75. The van der Waals surface area contributed by atoms with Crippen LogP contribution in [0.25, 0.3) is 28.0 Å². The Bertz CT molecular complexity index is 1200. The van der Waals surface area contributed by atoms with Crippen molar-refractivity contribution in [1.82, 2.24) is 19.5 Å². The number of hydrogen-bond donors (Lipinski definition) is 0. The van der Waals surface area contributed by atoms with Crippen LogP contribution in [0.4, 0.5) is 5.82 Å². The summed E-state index contributed by atoms with van der Waals surface area (Å²) in [5.74, 6) is 2.20. The highest BCUT2D eigenvalue weighted by atomic mass is 16.5. The number of morpholine rings is 1. The Balaban J connectivity index is 1.59. The molecule has 0 N–H and O–H groups in total. The first-order valence-electron chi connectivity index (χ1n) is 10.6. The third-order valence-corrected chi connectivity index (χ3v) is 5.26. The number of hydrogen-bond acceptors (Lipinski definition) is 6. The van der Waals surface area contributed by atoms with Crippen molar-refractivity contribution in [3.8, 4) is 23.0 Å². The van der Waals surface area contributed by atoms with E-state index in [1.54, 1.807) is 12.4 Å². The quantitative estimate of drug-likeness (QED) is 0.489. The van der Waals surface area contributed by atoms with Gasteiger partial charge in [0.1, 0.15) is 5.82 Å². The van der Waals surface area contributed by atoms with Gasteiger partial charge in [-0.25, -0.2) is 4.98 Å². The molecule has 0 radical (unpaired) electrons. The van der Waals surface area contributed by atoms with Gasteiger partial charge in [0, 0.05) is 30.2 Å². The molecule has 5 rings (SSSR count). The highest BCUT2D eigenvalue weighted by molar-refractivity contribution is 5.96. The fourth-order valence-corrected chi connectivity index (χ4v) is 3.87. The summed E-state index contributed by atoms with van der Waals surface area (Å²) in [7, 11) is 0. The smallest absolute Gasteiger partial charge is 0.234 e. The van der Waals surface area contributed by atoms with Crippen LogP contribution in [0.2, 0.25) is 0 Å². The topological polar surface area (TPSA) is 65.3 Å². The van der Waals surface area contributed by atoms with Gasteiger partial charge in [-0.05, 0) is 32.0 Å². The minimum atomic E-state index is 0.0358. The zero-order valence-electron chi connectivity index (χ0n) is 17.7. The van der Waals surface area contributed by atoms with E-state index in [4.69, 9.17) is 14.5 Å². The average Bonchev–Trinajstić information content (AvgIpc) is 3.19. The number of benzene rings is 1. The lowest BCUT2D eigenvalue weighted by atomic mass is 10.1. The van der Waals surface area contributed by atoms with Gasteiger partial charge in [0.05, 0.1) is 42.9 Å². The molecule has 1 aliphatic rings. The minimum absolute atomic E-state index is 0.0358. The summed E-state index contributed by atoms with van der Waals surface area (Å²) >= 11 is 0. The summed E-state index contributed by atoms with van der Waals surface area (Å²) in [5, 5.41) is 1.12. The summed E-state index contributed by atoms with van der Waals surface area (Å²) in [5.41, 5.74) is 3.04. The van der Waals surface area contributed by atoms with Crippen molar-refractivity contribution in [2.24, 2.45) is 0 Å². The molecule has 1 aromatic carbocycles. The van der Waals surface area contributed by atoms with E-state index < -0.39 is 0 Å². The average molecular weight is 415 g/mol. The van der Waals surface area contributed by atoms with E-state index in [1.165, 1.54) is 0 Å². The molecule has 0 unspecified atom stereocenters. The van der Waals surface area contributed by atoms with Crippen molar-refractivity contribution in [2.45, 2.75) is 20.0 Å². The van der Waals surface area contributed by atoms with Crippen LogP contribution in [0, 0.1) is 0 Å². The van der Waals surface area contributed by atoms with Gasteiger partial charge in [-0.2, -0.15) is 4.98 Å². The van der Waals surface area contributed by atoms with Crippen LogP contribution in [-0.2, 0) is 4.74 Å². The molecule has 3 aromatic heterocycles. The number of para-hydroxylation sites is 1. The van der Waals surface area contributed by atoms with E-state index in [-0.39, 0.29) is 6.10 Å². The number of ether oxygens (including phenoxy) is 2. The second-order valence-corrected chi connectivity index (χ2v) is 7.79. The Hall–Kier alpha value is -3.45. The van der Waals surface area contributed by atoms with Crippen LogP contribution >= 0.6 is 0 Å². The molecule has 7 heteroatoms. The van der Waals surface area contributed by atoms with E-state index in [0.29, 0.717) is 11.7 Å². The van der Waals surface area contributed by atoms with Gasteiger partial charge in [0.25, 0.3) is 0 Å². The van der Waals surface area contributed by atoms with Gasteiger partial charge < -0.3 is 14.4 Å². The Labute approximate surface area is 181 Å². The first-order chi connectivity index (χ1) is 15.2. The highest BCUT2D eigenvalue weighted by Crippen LogP contribution is 2.32. The second-order valence-electron chi connectivity index (χ2n) is 7.79. The third-order valence-electron chi connectivity index (χ3n) is 5.26. The van der Waals surface area contributed by atoms with Gasteiger partial charge in [-0.3, -0.25) is 9.55 Å². The number of rotatable bonds is 5.